The Morgan fingerprint density at radius 1 is 1.45 bits per heavy atom. The van der Waals surface area contributed by atoms with Crippen LogP contribution in [0, 0.1) is 22.0 Å². The van der Waals surface area contributed by atoms with Crippen molar-refractivity contribution in [1.29, 1.82) is 0 Å². The first-order chi connectivity index (χ1) is 9.47. The van der Waals surface area contributed by atoms with Crippen LogP contribution in [0.5, 0.6) is 0 Å². The largest absolute Gasteiger partial charge is 0.384 e. The van der Waals surface area contributed by atoms with Gasteiger partial charge in [-0.15, -0.1) is 0 Å². The van der Waals surface area contributed by atoms with E-state index in [4.69, 9.17) is 0 Å². The third kappa shape index (κ3) is 3.43. The second-order valence-corrected chi connectivity index (χ2v) is 5.49. The molecule has 0 aromatic heterocycles. The molecule has 1 aromatic rings. The highest BCUT2D eigenvalue weighted by atomic mass is 19.3. The van der Waals surface area contributed by atoms with Crippen molar-refractivity contribution in [1.82, 2.24) is 0 Å². The van der Waals surface area contributed by atoms with Crippen LogP contribution in [0.1, 0.15) is 38.2 Å². The Bertz CT molecular complexity index is 494. The lowest BCUT2D eigenvalue weighted by molar-refractivity contribution is -0.385. The summed E-state index contributed by atoms with van der Waals surface area (Å²) in [6, 6.07) is 3.58. The standard InChI is InChI=1S/C14H18F2N2O2/c1-9-2-3-10(6-9)8-17-13-5-4-11(18(19)20)7-12(13)14(15)16/h4-5,7,9-10,14,17H,2-3,6,8H2,1H3. The fourth-order valence-corrected chi connectivity index (χ4v) is 2.77. The van der Waals surface area contributed by atoms with Crippen LogP contribution < -0.4 is 5.32 Å². The minimum absolute atomic E-state index is 0.296. The van der Waals surface area contributed by atoms with E-state index >= 15 is 0 Å². The first kappa shape index (κ1) is 14.7. The maximum Gasteiger partial charge on any atom is 0.270 e. The van der Waals surface area contributed by atoms with Crippen molar-refractivity contribution in [2.24, 2.45) is 11.8 Å². The highest BCUT2D eigenvalue weighted by Crippen LogP contribution is 2.33. The van der Waals surface area contributed by atoms with Gasteiger partial charge >= 0.3 is 0 Å². The molecule has 0 amide bonds. The molecule has 4 nitrogen and oxygen atoms in total. The molecule has 2 unspecified atom stereocenters. The van der Waals surface area contributed by atoms with Crippen LogP contribution >= 0.6 is 0 Å². The molecule has 1 aliphatic rings. The van der Waals surface area contributed by atoms with Crippen LogP contribution in [-0.2, 0) is 0 Å². The fraction of sp³-hybridized carbons (Fsp3) is 0.571. The summed E-state index contributed by atoms with van der Waals surface area (Å²) in [7, 11) is 0. The predicted octanol–water partition coefficient (Wildman–Crippen LogP) is 4.38. The number of nitrogens with zero attached hydrogens (tertiary/aromatic N) is 1. The molecule has 1 N–H and O–H groups in total. The minimum Gasteiger partial charge on any atom is -0.384 e. The van der Waals surface area contributed by atoms with E-state index in [0.717, 1.165) is 18.9 Å². The van der Waals surface area contributed by atoms with Crippen molar-refractivity contribution in [3.8, 4) is 0 Å². The average molecular weight is 284 g/mol. The van der Waals surface area contributed by atoms with Gasteiger partial charge in [-0.3, -0.25) is 10.1 Å². The number of alkyl halides is 2. The van der Waals surface area contributed by atoms with E-state index in [-0.39, 0.29) is 11.3 Å². The molecule has 1 fully saturated rings. The van der Waals surface area contributed by atoms with E-state index in [1.165, 1.54) is 18.6 Å². The Labute approximate surface area is 116 Å². The van der Waals surface area contributed by atoms with Gasteiger partial charge in [0.05, 0.1) is 4.92 Å². The number of benzene rings is 1. The number of anilines is 1. The lowest BCUT2D eigenvalue weighted by Crippen LogP contribution is -2.13. The van der Waals surface area contributed by atoms with Gasteiger partial charge in [0.25, 0.3) is 12.1 Å². The quantitative estimate of drug-likeness (QED) is 0.644. The summed E-state index contributed by atoms with van der Waals surface area (Å²) >= 11 is 0. The van der Waals surface area contributed by atoms with Gasteiger partial charge < -0.3 is 5.32 Å². The van der Waals surface area contributed by atoms with Gasteiger partial charge in [-0.1, -0.05) is 13.3 Å². The molecular weight excluding hydrogens is 266 g/mol. The van der Waals surface area contributed by atoms with Crippen molar-refractivity contribution in [3.05, 3.63) is 33.9 Å². The lowest BCUT2D eigenvalue weighted by Gasteiger charge is -2.15. The third-order valence-corrected chi connectivity index (χ3v) is 3.87. The molecule has 1 aliphatic carbocycles. The number of nitrogens with one attached hydrogen (secondary N) is 1. The number of non-ortho nitro benzene ring substituents is 1. The van der Waals surface area contributed by atoms with Crippen molar-refractivity contribution in [2.75, 3.05) is 11.9 Å². The normalized spacial score (nSPS) is 22.2. The van der Waals surface area contributed by atoms with E-state index in [1.807, 2.05) is 0 Å². The van der Waals surface area contributed by atoms with Crippen molar-refractivity contribution in [3.63, 3.8) is 0 Å². The van der Waals surface area contributed by atoms with Crippen LogP contribution in [-0.4, -0.2) is 11.5 Å². The van der Waals surface area contributed by atoms with Gasteiger partial charge in [0.2, 0.25) is 0 Å². The number of nitro groups is 1. The topological polar surface area (TPSA) is 55.2 Å². The Kier molecular flexibility index (Phi) is 4.52. The summed E-state index contributed by atoms with van der Waals surface area (Å²) in [5, 5.41) is 13.7. The Hall–Kier alpha value is -1.72. The Morgan fingerprint density at radius 2 is 2.20 bits per heavy atom. The molecule has 0 saturated heterocycles. The molecule has 6 heteroatoms. The second-order valence-electron chi connectivity index (χ2n) is 5.49. The first-order valence-electron chi connectivity index (χ1n) is 6.77. The molecule has 0 aliphatic heterocycles. The molecule has 0 spiro atoms. The van der Waals surface area contributed by atoms with E-state index in [0.29, 0.717) is 24.1 Å². The predicted molar refractivity (Wildman–Crippen MR) is 73.0 cm³/mol. The molecule has 0 bridgehead atoms. The third-order valence-electron chi connectivity index (χ3n) is 3.87. The summed E-state index contributed by atoms with van der Waals surface area (Å²) in [5.74, 6) is 1.18. The summed E-state index contributed by atoms with van der Waals surface area (Å²) in [6.07, 6.45) is 0.656. The zero-order valence-corrected chi connectivity index (χ0v) is 11.3. The molecule has 110 valence electrons. The average Bonchev–Trinajstić information content (AvgIpc) is 2.81. The summed E-state index contributed by atoms with van der Waals surface area (Å²) < 4.78 is 25.9. The maximum atomic E-state index is 13.0. The van der Waals surface area contributed by atoms with Gasteiger partial charge in [-0.25, -0.2) is 8.78 Å². The fourth-order valence-electron chi connectivity index (χ4n) is 2.77. The van der Waals surface area contributed by atoms with E-state index in [9.17, 15) is 18.9 Å². The molecule has 0 radical (unpaired) electrons. The summed E-state index contributed by atoms with van der Waals surface area (Å²) in [5.41, 5.74) is -0.310. The van der Waals surface area contributed by atoms with E-state index in [1.54, 1.807) is 0 Å². The van der Waals surface area contributed by atoms with E-state index < -0.39 is 11.3 Å². The van der Waals surface area contributed by atoms with Crippen molar-refractivity contribution < 1.29 is 13.7 Å². The van der Waals surface area contributed by atoms with Crippen LogP contribution in [0.25, 0.3) is 0 Å². The maximum absolute atomic E-state index is 13.0. The van der Waals surface area contributed by atoms with Gasteiger partial charge in [0.15, 0.2) is 0 Å². The molecular formula is C14H18F2N2O2. The molecule has 2 atom stereocenters. The van der Waals surface area contributed by atoms with Crippen LogP contribution in [0.3, 0.4) is 0 Å². The number of halogens is 2. The summed E-state index contributed by atoms with van der Waals surface area (Å²) in [4.78, 5) is 9.97. The zero-order valence-electron chi connectivity index (χ0n) is 11.3. The lowest BCUT2D eigenvalue weighted by atomic mass is 10.1. The van der Waals surface area contributed by atoms with Gasteiger partial charge in [0, 0.05) is 29.9 Å². The van der Waals surface area contributed by atoms with Gasteiger partial charge in [-0.05, 0) is 30.7 Å². The molecule has 1 saturated carbocycles. The summed E-state index contributed by atoms with van der Waals surface area (Å²) in [6.45, 7) is 2.83. The molecule has 20 heavy (non-hydrogen) atoms. The van der Waals surface area contributed by atoms with Crippen LogP contribution in [0.15, 0.2) is 18.2 Å². The Morgan fingerprint density at radius 3 is 2.75 bits per heavy atom. The molecule has 0 heterocycles. The number of rotatable bonds is 5. The molecule has 1 aromatic carbocycles. The number of nitro benzene ring substituents is 1. The minimum atomic E-state index is -2.72. The van der Waals surface area contributed by atoms with Crippen LogP contribution in [0.4, 0.5) is 20.2 Å². The van der Waals surface area contributed by atoms with Crippen molar-refractivity contribution in [2.45, 2.75) is 32.6 Å². The zero-order chi connectivity index (χ0) is 14.7. The van der Waals surface area contributed by atoms with Crippen molar-refractivity contribution >= 4 is 11.4 Å². The smallest absolute Gasteiger partial charge is 0.270 e. The monoisotopic (exact) mass is 284 g/mol. The van der Waals surface area contributed by atoms with Gasteiger partial charge in [0.1, 0.15) is 0 Å². The highest BCUT2D eigenvalue weighted by Gasteiger charge is 2.22. The number of hydrogen-bond acceptors (Lipinski definition) is 3. The first-order valence-corrected chi connectivity index (χ1v) is 6.77. The second kappa shape index (κ2) is 6.15. The molecule has 2 rings (SSSR count). The van der Waals surface area contributed by atoms with Gasteiger partial charge in [-0.2, -0.15) is 0 Å². The number of hydrogen-bond donors (Lipinski definition) is 1. The Balaban J connectivity index is 2.08. The highest BCUT2D eigenvalue weighted by molar-refractivity contribution is 5.56. The van der Waals surface area contributed by atoms with E-state index in [2.05, 4.69) is 12.2 Å². The SMILES string of the molecule is CC1CCC(CNc2ccc([N+](=O)[O-])cc2C(F)F)C1. The van der Waals surface area contributed by atoms with Crippen LogP contribution in [0.2, 0.25) is 0 Å².